The van der Waals surface area contributed by atoms with Crippen molar-refractivity contribution in [3.05, 3.63) is 56.1 Å². The molecule has 23 heavy (non-hydrogen) atoms. The van der Waals surface area contributed by atoms with Crippen LogP contribution in [0, 0.1) is 20.2 Å². The fourth-order valence-electron chi connectivity index (χ4n) is 4.17. The molecule has 2 aliphatic rings. The van der Waals surface area contributed by atoms with Gasteiger partial charge in [0.25, 0.3) is 11.1 Å². The third kappa shape index (κ3) is 2.70. The third-order valence-electron chi connectivity index (χ3n) is 4.94. The molecule has 1 unspecified atom stereocenters. The summed E-state index contributed by atoms with van der Waals surface area (Å²) in [4.78, 5) is 35.0. The Morgan fingerprint density at radius 2 is 1.52 bits per heavy atom. The molecule has 0 radical (unpaired) electrons. The monoisotopic (exact) mass is 320 g/mol. The molecule has 1 aromatic carbocycles. The second-order valence-corrected chi connectivity index (χ2v) is 6.80. The standard InChI is InChI=1S/C15H17N3O5/c19-13-6-14(17(20)21)9-15(7-13,18(22)23)11-16(10-14)8-12-4-2-1-3-5-12/h1-5H,6-11H2/p+1/t14-,15+. The van der Waals surface area contributed by atoms with E-state index in [9.17, 15) is 25.0 Å². The number of nitrogens with one attached hydrogen (secondary N) is 1. The number of carbonyl (C=O) groups is 1. The van der Waals surface area contributed by atoms with Crippen molar-refractivity contribution in [3.63, 3.8) is 0 Å². The molecule has 1 saturated carbocycles. The van der Waals surface area contributed by atoms with E-state index in [1.807, 2.05) is 30.3 Å². The Balaban J connectivity index is 1.94. The molecule has 1 N–H and O–H groups in total. The summed E-state index contributed by atoms with van der Waals surface area (Å²) in [5.41, 5.74) is -2.04. The van der Waals surface area contributed by atoms with Gasteiger partial charge in [0, 0.05) is 15.4 Å². The number of hydrogen-bond donors (Lipinski definition) is 1. The molecule has 0 spiro atoms. The van der Waals surface area contributed by atoms with Crippen molar-refractivity contribution < 1.29 is 19.5 Å². The number of ketones is 1. The minimum atomic E-state index is -1.51. The first-order chi connectivity index (χ1) is 10.9. The molecule has 1 aliphatic heterocycles. The van der Waals surface area contributed by atoms with E-state index in [0.29, 0.717) is 6.54 Å². The molecule has 1 saturated heterocycles. The third-order valence-corrected chi connectivity index (χ3v) is 4.94. The number of likely N-dealkylation sites (tertiary alicyclic amines) is 1. The van der Waals surface area contributed by atoms with Gasteiger partial charge in [0.1, 0.15) is 31.8 Å². The molecule has 1 aromatic rings. The molecule has 0 aromatic heterocycles. The molecule has 0 amide bonds. The summed E-state index contributed by atoms with van der Waals surface area (Å²) in [6.07, 6.45) is -0.550. The fraction of sp³-hybridized carbons (Fsp3) is 0.533. The van der Waals surface area contributed by atoms with Gasteiger partial charge >= 0.3 is 0 Å². The van der Waals surface area contributed by atoms with Crippen molar-refractivity contribution in [2.24, 2.45) is 0 Å². The van der Waals surface area contributed by atoms with E-state index in [1.165, 1.54) is 0 Å². The van der Waals surface area contributed by atoms with E-state index in [2.05, 4.69) is 0 Å². The van der Waals surface area contributed by atoms with Crippen LogP contribution in [0.4, 0.5) is 0 Å². The maximum absolute atomic E-state index is 11.9. The molecular formula is C15H18N3O5+. The van der Waals surface area contributed by atoms with Crippen LogP contribution < -0.4 is 4.90 Å². The number of hydrogen-bond acceptors (Lipinski definition) is 5. The summed E-state index contributed by atoms with van der Waals surface area (Å²) < 4.78 is 0. The Bertz CT molecular complexity index is 630. The van der Waals surface area contributed by atoms with Gasteiger partial charge in [0.05, 0.1) is 12.8 Å². The lowest BCUT2D eigenvalue weighted by molar-refractivity contribution is -0.957. The van der Waals surface area contributed by atoms with Crippen molar-refractivity contribution in [1.29, 1.82) is 0 Å². The summed E-state index contributed by atoms with van der Waals surface area (Å²) in [7, 11) is 0. The highest BCUT2D eigenvalue weighted by Gasteiger charge is 2.69. The largest absolute Gasteiger partial charge is 0.319 e. The highest BCUT2D eigenvalue weighted by molar-refractivity contribution is 5.81. The maximum Gasteiger partial charge on any atom is 0.283 e. The molecule has 8 heteroatoms. The number of piperidine rings is 1. The normalized spacial score (nSPS) is 33.2. The van der Waals surface area contributed by atoms with Gasteiger partial charge < -0.3 is 4.90 Å². The van der Waals surface area contributed by atoms with E-state index in [4.69, 9.17) is 0 Å². The minimum absolute atomic E-state index is 0.149. The summed E-state index contributed by atoms with van der Waals surface area (Å²) in [6.45, 7) is 0.784. The summed E-state index contributed by atoms with van der Waals surface area (Å²) >= 11 is 0. The average molecular weight is 320 g/mol. The smallest absolute Gasteiger partial charge is 0.283 e. The zero-order valence-electron chi connectivity index (χ0n) is 12.6. The van der Waals surface area contributed by atoms with Gasteiger partial charge in [-0.15, -0.1) is 0 Å². The van der Waals surface area contributed by atoms with Crippen LogP contribution in [-0.2, 0) is 11.3 Å². The van der Waals surface area contributed by atoms with Crippen molar-refractivity contribution >= 4 is 5.78 Å². The van der Waals surface area contributed by atoms with Gasteiger partial charge in [-0.2, -0.15) is 0 Å². The Hall–Kier alpha value is -2.35. The van der Waals surface area contributed by atoms with E-state index in [0.717, 1.165) is 10.5 Å². The van der Waals surface area contributed by atoms with Crippen molar-refractivity contribution in [1.82, 2.24) is 0 Å². The lowest BCUT2D eigenvalue weighted by atomic mass is 9.67. The Morgan fingerprint density at radius 1 is 1.00 bits per heavy atom. The molecule has 3 atom stereocenters. The van der Waals surface area contributed by atoms with Crippen LogP contribution in [0.25, 0.3) is 0 Å². The molecule has 8 nitrogen and oxygen atoms in total. The molecule has 2 bridgehead atoms. The fourth-order valence-corrected chi connectivity index (χ4v) is 4.17. The van der Waals surface area contributed by atoms with E-state index < -0.39 is 20.9 Å². The molecule has 3 rings (SSSR count). The topological polar surface area (TPSA) is 108 Å². The van der Waals surface area contributed by atoms with E-state index in [1.54, 1.807) is 0 Å². The quantitative estimate of drug-likeness (QED) is 0.614. The summed E-state index contributed by atoms with van der Waals surface area (Å²) in [6, 6.07) is 9.42. The molecule has 1 aliphatic carbocycles. The number of quaternary nitrogens is 1. The molecule has 1 heterocycles. The average Bonchev–Trinajstić information content (AvgIpc) is 2.46. The number of rotatable bonds is 4. The molecule has 122 valence electrons. The van der Waals surface area contributed by atoms with Crippen LogP contribution in [0.1, 0.15) is 24.8 Å². The number of carbonyl (C=O) groups excluding carboxylic acids is 1. The predicted molar refractivity (Wildman–Crippen MR) is 79.2 cm³/mol. The van der Waals surface area contributed by atoms with Crippen LogP contribution in [0.2, 0.25) is 0 Å². The summed E-state index contributed by atoms with van der Waals surface area (Å²) in [5.74, 6) is -0.372. The zero-order valence-corrected chi connectivity index (χ0v) is 12.6. The van der Waals surface area contributed by atoms with Gasteiger partial charge in [0.15, 0.2) is 0 Å². The van der Waals surface area contributed by atoms with Crippen LogP contribution in [-0.4, -0.2) is 39.8 Å². The first-order valence-electron chi connectivity index (χ1n) is 7.53. The Morgan fingerprint density at radius 3 is 2.00 bits per heavy atom. The number of Topliss-reactive ketones (excluding diaryl/α,β-unsaturated/α-hetero) is 1. The van der Waals surface area contributed by atoms with Crippen molar-refractivity contribution in [3.8, 4) is 0 Å². The number of benzene rings is 1. The van der Waals surface area contributed by atoms with Crippen LogP contribution >= 0.6 is 0 Å². The van der Waals surface area contributed by atoms with Crippen molar-refractivity contribution in [2.45, 2.75) is 36.9 Å². The highest BCUT2D eigenvalue weighted by Crippen LogP contribution is 2.38. The van der Waals surface area contributed by atoms with Gasteiger partial charge in [-0.25, -0.2) is 0 Å². The van der Waals surface area contributed by atoms with Gasteiger partial charge in [0.2, 0.25) is 0 Å². The predicted octanol–water partition coefficient (Wildman–Crippen LogP) is -0.131. The van der Waals surface area contributed by atoms with Crippen molar-refractivity contribution in [2.75, 3.05) is 13.1 Å². The SMILES string of the molecule is O=C1C[C@]2([N+](=O)[O-])C[NH+](Cc3ccccc3)C[C@]([N+](=O)[O-])(C1)C2. The van der Waals surface area contributed by atoms with E-state index >= 15 is 0 Å². The minimum Gasteiger partial charge on any atom is -0.319 e. The lowest BCUT2D eigenvalue weighted by Gasteiger charge is -2.43. The van der Waals surface area contributed by atoms with Crippen LogP contribution in [0.15, 0.2) is 30.3 Å². The Labute approximate surface area is 132 Å². The molecule has 2 fully saturated rings. The maximum atomic E-state index is 11.9. The van der Waals surface area contributed by atoms with Crippen LogP contribution in [0.5, 0.6) is 0 Å². The number of nitro groups is 2. The van der Waals surface area contributed by atoms with E-state index in [-0.39, 0.29) is 38.1 Å². The highest BCUT2D eigenvalue weighted by atomic mass is 16.6. The van der Waals surface area contributed by atoms with Gasteiger partial charge in [-0.3, -0.25) is 25.0 Å². The number of fused-ring (bicyclic) bond motifs is 2. The van der Waals surface area contributed by atoms with Crippen LogP contribution in [0.3, 0.4) is 0 Å². The zero-order chi connectivity index (χ0) is 16.7. The van der Waals surface area contributed by atoms with Gasteiger partial charge in [-0.1, -0.05) is 30.3 Å². The first-order valence-corrected chi connectivity index (χ1v) is 7.53. The molecular weight excluding hydrogens is 302 g/mol. The number of nitrogens with zero attached hydrogens (tertiary/aromatic N) is 2. The first kappa shape index (κ1) is 15.5. The second-order valence-electron chi connectivity index (χ2n) is 6.80. The Kier molecular flexibility index (Phi) is 3.63. The summed E-state index contributed by atoms with van der Waals surface area (Å²) in [5, 5.41) is 23.2. The van der Waals surface area contributed by atoms with Gasteiger partial charge in [-0.05, 0) is 0 Å². The lowest BCUT2D eigenvalue weighted by Crippen LogP contribution is -3.17. The second kappa shape index (κ2) is 5.38.